The highest BCUT2D eigenvalue weighted by molar-refractivity contribution is 7.98. The maximum Gasteiger partial charge on any atom is 0.0639 e. The Morgan fingerprint density at radius 1 is 1.25 bits per heavy atom. The predicted octanol–water partition coefficient (Wildman–Crippen LogP) is 4.82. The third-order valence-corrected chi connectivity index (χ3v) is 6.63. The monoisotopic (exact) mass is 287 g/mol. The Morgan fingerprint density at radius 2 is 2.00 bits per heavy atom. The third kappa shape index (κ3) is 2.04. The summed E-state index contributed by atoms with van der Waals surface area (Å²) < 4.78 is 0. The van der Waals surface area contributed by atoms with Gasteiger partial charge < -0.3 is 0 Å². The first-order valence-corrected chi connectivity index (χ1v) is 9.06. The molecule has 0 amide bonds. The van der Waals surface area contributed by atoms with Crippen LogP contribution in [0.3, 0.4) is 0 Å². The molecule has 3 rings (SSSR count). The molecule has 20 heavy (non-hydrogen) atoms. The molecule has 2 fully saturated rings. The molecule has 108 valence electrons. The fourth-order valence-corrected chi connectivity index (χ4v) is 5.55. The molecule has 0 aromatic heterocycles. The van der Waals surface area contributed by atoms with Crippen molar-refractivity contribution in [2.45, 2.75) is 39.7 Å². The minimum Gasteiger partial charge on any atom is -0.289 e. The summed E-state index contributed by atoms with van der Waals surface area (Å²) in [6.45, 7) is 5.81. The van der Waals surface area contributed by atoms with E-state index in [2.05, 4.69) is 50.4 Å². The Labute approximate surface area is 127 Å². The van der Waals surface area contributed by atoms with E-state index in [0.29, 0.717) is 10.8 Å². The van der Waals surface area contributed by atoms with Crippen molar-refractivity contribution in [1.82, 2.24) is 0 Å². The lowest BCUT2D eigenvalue weighted by Gasteiger charge is -2.38. The number of rotatable bonds is 4. The van der Waals surface area contributed by atoms with Gasteiger partial charge in [0, 0.05) is 16.9 Å². The number of fused-ring (bicyclic) bond motifs is 2. The van der Waals surface area contributed by atoms with E-state index in [-0.39, 0.29) is 0 Å². The summed E-state index contributed by atoms with van der Waals surface area (Å²) in [6, 6.07) is 10.7. The van der Waals surface area contributed by atoms with Crippen LogP contribution < -0.4 is 0 Å². The smallest absolute Gasteiger partial charge is 0.0639 e. The molecule has 2 heteroatoms. The molecule has 2 aliphatic carbocycles. The quantitative estimate of drug-likeness (QED) is 0.773. The Morgan fingerprint density at radius 3 is 2.65 bits per heavy atom. The maximum atomic E-state index is 5.07. The van der Waals surface area contributed by atoms with E-state index in [1.165, 1.54) is 36.3 Å². The highest BCUT2D eigenvalue weighted by Gasteiger charge is 2.61. The third-order valence-electron chi connectivity index (χ3n) is 5.85. The zero-order chi connectivity index (χ0) is 14.2. The van der Waals surface area contributed by atoms with Gasteiger partial charge in [0.15, 0.2) is 0 Å². The van der Waals surface area contributed by atoms with Crippen LogP contribution in [0.5, 0.6) is 0 Å². The maximum absolute atomic E-state index is 5.07. The second-order valence-electron chi connectivity index (χ2n) is 6.93. The van der Waals surface area contributed by atoms with Gasteiger partial charge in [-0.1, -0.05) is 44.2 Å². The average Bonchev–Trinajstić information content (AvgIpc) is 2.81. The minimum atomic E-state index is 0.367. The molecule has 1 nitrogen and oxygen atoms in total. The van der Waals surface area contributed by atoms with E-state index in [1.54, 1.807) is 0 Å². The van der Waals surface area contributed by atoms with Gasteiger partial charge in [0.1, 0.15) is 0 Å². The molecule has 0 radical (unpaired) electrons. The van der Waals surface area contributed by atoms with Crippen LogP contribution in [0, 0.1) is 16.7 Å². The van der Waals surface area contributed by atoms with Crippen LogP contribution in [0.4, 0.5) is 0 Å². The van der Waals surface area contributed by atoms with Crippen molar-refractivity contribution in [2.24, 2.45) is 21.7 Å². The Hall–Kier alpha value is -0.760. The molecule has 0 unspecified atom stereocenters. The molecular weight excluding hydrogens is 262 g/mol. The fraction of sp³-hybridized carbons (Fsp3) is 0.611. The Kier molecular flexibility index (Phi) is 3.70. The van der Waals surface area contributed by atoms with Gasteiger partial charge in [-0.15, -0.1) is 0 Å². The first-order valence-electron chi connectivity index (χ1n) is 7.67. The molecule has 2 saturated carbocycles. The first kappa shape index (κ1) is 14.2. The molecular formula is C18H25NS. The highest BCUT2D eigenvalue weighted by atomic mass is 32.2. The van der Waals surface area contributed by atoms with Crippen molar-refractivity contribution in [1.29, 1.82) is 0 Å². The van der Waals surface area contributed by atoms with Crippen molar-refractivity contribution in [3.63, 3.8) is 0 Å². The van der Waals surface area contributed by atoms with Crippen LogP contribution in [0.15, 0.2) is 35.3 Å². The number of aliphatic imine (C=N–C) groups is 1. The van der Waals surface area contributed by atoms with E-state index in [0.717, 1.165) is 12.5 Å². The molecule has 0 saturated heterocycles. The van der Waals surface area contributed by atoms with Gasteiger partial charge in [-0.25, -0.2) is 0 Å². The number of hydrogen-bond donors (Lipinski definition) is 0. The summed E-state index contributed by atoms with van der Waals surface area (Å²) in [6.07, 6.45) is 6.22. The molecule has 0 aliphatic heterocycles. The number of benzene rings is 1. The molecule has 0 spiro atoms. The number of hydrogen-bond acceptors (Lipinski definition) is 2. The second-order valence-corrected chi connectivity index (χ2v) is 7.79. The van der Waals surface area contributed by atoms with Crippen LogP contribution in [-0.4, -0.2) is 17.7 Å². The molecule has 1 aromatic rings. The van der Waals surface area contributed by atoms with Crippen molar-refractivity contribution in [3.05, 3.63) is 35.9 Å². The zero-order valence-corrected chi connectivity index (χ0v) is 13.7. The lowest BCUT2D eigenvalue weighted by atomic mass is 9.70. The second kappa shape index (κ2) is 5.22. The van der Waals surface area contributed by atoms with E-state index in [9.17, 15) is 0 Å². The summed E-state index contributed by atoms with van der Waals surface area (Å²) in [7, 11) is 0. The van der Waals surface area contributed by atoms with E-state index in [1.807, 2.05) is 11.8 Å². The Bertz CT molecular complexity index is 505. The van der Waals surface area contributed by atoms with Gasteiger partial charge in [-0.05, 0) is 42.4 Å². The van der Waals surface area contributed by atoms with Crippen LogP contribution in [0.2, 0.25) is 0 Å². The zero-order valence-electron chi connectivity index (χ0n) is 12.9. The van der Waals surface area contributed by atoms with Gasteiger partial charge in [0.2, 0.25) is 0 Å². The summed E-state index contributed by atoms with van der Waals surface area (Å²) in [5.74, 6) is 2.09. The highest BCUT2D eigenvalue weighted by Crippen LogP contribution is 2.65. The minimum absolute atomic E-state index is 0.367. The van der Waals surface area contributed by atoms with Gasteiger partial charge in [0.05, 0.1) is 6.54 Å². The lowest BCUT2D eigenvalue weighted by molar-refractivity contribution is 0.198. The summed E-state index contributed by atoms with van der Waals surface area (Å²) in [5.41, 5.74) is 3.65. The van der Waals surface area contributed by atoms with Crippen LogP contribution in [0.25, 0.3) is 0 Å². The Balaban J connectivity index is 1.87. The van der Waals surface area contributed by atoms with E-state index < -0.39 is 0 Å². The summed E-state index contributed by atoms with van der Waals surface area (Å²) in [5, 5.41) is 0. The van der Waals surface area contributed by atoms with Crippen LogP contribution >= 0.6 is 11.8 Å². The molecule has 0 N–H and O–H groups in total. The summed E-state index contributed by atoms with van der Waals surface area (Å²) >= 11 is 2.00. The van der Waals surface area contributed by atoms with Gasteiger partial charge in [-0.3, -0.25) is 4.99 Å². The SMILES string of the molecule is CSC[C@]12CC[C@H](CC1=NCc1ccccc1)C2(C)C. The lowest BCUT2D eigenvalue weighted by Crippen LogP contribution is -2.38. The fourth-order valence-electron chi connectivity index (χ4n) is 4.37. The van der Waals surface area contributed by atoms with Gasteiger partial charge >= 0.3 is 0 Å². The van der Waals surface area contributed by atoms with E-state index in [4.69, 9.17) is 4.99 Å². The average molecular weight is 287 g/mol. The molecule has 2 aliphatic rings. The molecule has 2 atom stereocenters. The molecule has 2 bridgehead atoms. The van der Waals surface area contributed by atoms with Gasteiger partial charge in [-0.2, -0.15) is 11.8 Å². The van der Waals surface area contributed by atoms with Crippen LogP contribution in [-0.2, 0) is 6.54 Å². The number of thioether (sulfide) groups is 1. The predicted molar refractivity (Wildman–Crippen MR) is 89.5 cm³/mol. The van der Waals surface area contributed by atoms with Crippen molar-refractivity contribution >= 4 is 17.5 Å². The molecule has 1 aromatic carbocycles. The van der Waals surface area contributed by atoms with Crippen LogP contribution in [0.1, 0.15) is 38.7 Å². The molecule has 0 heterocycles. The van der Waals surface area contributed by atoms with Crippen molar-refractivity contribution in [3.8, 4) is 0 Å². The van der Waals surface area contributed by atoms with Gasteiger partial charge in [0.25, 0.3) is 0 Å². The standard InChI is InChI=1S/C18H25NS/c1-17(2)15-9-10-18(17,13-20-3)16(11-15)19-12-14-7-5-4-6-8-14/h4-8,15H,9-13H2,1-3H3/t15-,18-/m1/s1. The van der Waals surface area contributed by atoms with E-state index >= 15 is 0 Å². The number of nitrogens with zero attached hydrogens (tertiary/aromatic N) is 1. The normalized spacial score (nSPS) is 33.0. The van der Waals surface area contributed by atoms with Crippen molar-refractivity contribution in [2.75, 3.05) is 12.0 Å². The summed E-state index contributed by atoms with van der Waals surface area (Å²) in [4.78, 5) is 5.07. The largest absolute Gasteiger partial charge is 0.289 e. The first-order chi connectivity index (χ1) is 9.60. The van der Waals surface area contributed by atoms with Crippen molar-refractivity contribution < 1.29 is 0 Å². The topological polar surface area (TPSA) is 12.4 Å².